The Labute approximate surface area is 107 Å². The van der Waals surface area contributed by atoms with E-state index in [0.717, 1.165) is 34.9 Å². The quantitative estimate of drug-likeness (QED) is 0.897. The van der Waals surface area contributed by atoms with E-state index in [1.165, 1.54) is 7.11 Å². The number of carboxylic acid groups (broad SMARTS) is 1. The minimum atomic E-state index is -1.55. The maximum absolute atomic E-state index is 10.9. The van der Waals surface area contributed by atoms with Crippen molar-refractivity contribution in [3.05, 3.63) is 27.2 Å². The summed E-state index contributed by atoms with van der Waals surface area (Å²) in [6, 6.07) is 1.74. The first kappa shape index (κ1) is 12.4. The zero-order valence-corrected chi connectivity index (χ0v) is 11.0. The summed E-state index contributed by atoms with van der Waals surface area (Å²) < 4.78 is 5.97. The summed E-state index contributed by atoms with van der Waals surface area (Å²) >= 11 is 3.43. The average molecular weight is 301 g/mol. The number of ether oxygens (including phenoxy) is 1. The molecule has 0 fully saturated rings. The van der Waals surface area contributed by atoms with Crippen LogP contribution in [0, 0.1) is 0 Å². The number of fused-ring (bicyclic) bond motifs is 1. The van der Waals surface area contributed by atoms with Crippen molar-refractivity contribution >= 4 is 21.9 Å². The summed E-state index contributed by atoms with van der Waals surface area (Å²) in [4.78, 5) is 10.9. The van der Waals surface area contributed by atoms with Crippen LogP contribution in [0.3, 0.4) is 0 Å². The first-order valence-corrected chi connectivity index (χ1v) is 6.14. The van der Waals surface area contributed by atoms with Crippen LogP contribution >= 0.6 is 15.9 Å². The lowest BCUT2D eigenvalue weighted by Gasteiger charge is -2.16. The van der Waals surface area contributed by atoms with Gasteiger partial charge in [-0.15, -0.1) is 0 Å². The minimum absolute atomic E-state index is 0.313. The second-order valence-electron chi connectivity index (χ2n) is 4.05. The van der Waals surface area contributed by atoms with Crippen molar-refractivity contribution in [2.45, 2.75) is 25.4 Å². The number of carbonyl (C=O) groups is 1. The van der Waals surface area contributed by atoms with E-state index < -0.39 is 12.1 Å². The van der Waals surface area contributed by atoms with Crippen LogP contribution < -0.4 is 4.74 Å². The standard InChI is InChI=1S/C12H13BrO4/c1-17-11-8(10(14)12(15)16)5-6-3-2-4-7(6)9(11)13/h5,10,14H,2-4H2,1H3,(H,15,16). The van der Waals surface area contributed by atoms with Crippen LogP contribution in [0.25, 0.3) is 0 Å². The summed E-state index contributed by atoms with van der Waals surface area (Å²) in [6.07, 6.45) is 1.36. The Hall–Kier alpha value is -1.07. The second-order valence-corrected chi connectivity index (χ2v) is 4.84. The number of methoxy groups -OCH3 is 1. The molecule has 0 amide bonds. The van der Waals surface area contributed by atoms with E-state index in [1.807, 2.05) is 0 Å². The van der Waals surface area contributed by atoms with Crippen molar-refractivity contribution < 1.29 is 19.7 Å². The lowest BCUT2D eigenvalue weighted by molar-refractivity contribution is -0.147. The monoisotopic (exact) mass is 300 g/mol. The van der Waals surface area contributed by atoms with Gasteiger partial charge in [-0.25, -0.2) is 4.79 Å². The predicted octanol–water partition coefficient (Wildman–Crippen LogP) is 2.06. The molecule has 2 rings (SSSR count). The third kappa shape index (κ3) is 2.05. The highest BCUT2D eigenvalue weighted by atomic mass is 79.9. The molecule has 2 N–H and O–H groups in total. The van der Waals surface area contributed by atoms with Gasteiger partial charge >= 0.3 is 5.97 Å². The highest BCUT2D eigenvalue weighted by Crippen LogP contribution is 2.41. The van der Waals surface area contributed by atoms with Crippen LogP contribution in [0.15, 0.2) is 10.5 Å². The van der Waals surface area contributed by atoms with Crippen LogP contribution in [-0.2, 0) is 17.6 Å². The van der Waals surface area contributed by atoms with Gasteiger partial charge in [-0.05, 0) is 52.4 Å². The lowest BCUT2D eigenvalue weighted by atomic mass is 10.0. The molecule has 0 radical (unpaired) electrons. The Morgan fingerprint density at radius 1 is 1.53 bits per heavy atom. The molecule has 4 nitrogen and oxygen atoms in total. The smallest absolute Gasteiger partial charge is 0.337 e. The average Bonchev–Trinajstić information content (AvgIpc) is 2.76. The molecule has 5 heteroatoms. The molecule has 0 saturated heterocycles. The molecular formula is C12H13BrO4. The van der Waals surface area contributed by atoms with Crippen LogP contribution in [-0.4, -0.2) is 23.3 Å². The molecule has 0 spiro atoms. The molecule has 92 valence electrons. The van der Waals surface area contributed by atoms with Gasteiger partial charge in [0.1, 0.15) is 5.75 Å². The molecular weight excluding hydrogens is 288 g/mol. The SMILES string of the molecule is COc1c(C(O)C(=O)O)cc2c(c1Br)CCC2. The molecule has 1 aliphatic carbocycles. The number of aliphatic carboxylic acids is 1. The molecule has 1 aliphatic rings. The largest absolute Gasteiger partial charge is 0.495 e. The summed E-state index contributed by atoms with van der Waals surface area (Å²) in [6.45, 7) is 0. The molecule has 0 heterocycles. The van der Waals surface area contributed by atoms with Crippen molar-refractivity contribution in [2.75, 3.05) is 7.11 Å². The zero-order valence-electron chi connectivity index (χ0n) is 9.36. The van der Waals surface area contributed by atoms with Gasteiger partial charge < -0.3 is 14.9 Å². The fraction of sp³-hybridized carbons (Fsp3) is 0.417. The van der Waals surface area contributed by atoms with Crippen molar-refractivity contribution in [1.82, 2.24) is 0 Å². The second kappa shape index (κ2) is 4.66. The number of hydrogen-bond acceptors (Lipinski definition) is 3. The Bertz CT molecular complexity index is 470. The highest BCUT2D eigenvalue weighted by molar-refractivity contribution is 9.10. The molecule has 0 aliphatic heterocycles. The van der Waals surface area contributed by atoms with Gasteiger partial charge in [0.15, 0.2) is 6.10 Å². The maximum Gasteiger partial charge on any atom is 0.337 e. The number of hydrogen-bond donors (Lipinski definition) is 2. The van der Waals surface area contributed by atoms with Crippen molar-refractivity contribution in [1.29, 1.82) is 0 Å². The number of benzene rings is 1. The van der Waals surface area contributed by atoms with E-state index in [0.29, 0.717) is 11.3 Å². The number of carboxylic acids is 1. The van der Waals surface area contributed by atoms with Crippen LogP contribution in [0.5, 0.6) is 5.75 Å². The van der Waals surface area contributed by atoms with E-state index in [1.54, 1.807) is 6.07 Å². The van der Waals surface area contributed by atoms with Crippen LogP contribution in [0.1, 0.15) is 29.2 Å². The van der Waals surface area contributed by atoms with Gasteiger partial charge in [-0.2, -0.15) is 0 Å². The van der Waals surface area contributed by atoms with E-state index in [-0.39, 0.29) is 0 Å². The molecule has 1 unspecified atom stereocenters. The zero-order chi connectivity index (χ0) is 12.6. The third-order valence-corrected chi connectivity index (χ3v) is 3.89. The van der Waals surface area contributed by atoms with Crippen LogP contribution in [0.2, 0.25) is 0 Å². The number of rotatable bonds is 3. The Kier molecular flexibility index (Phi) is 3.40. The number of aliphatic hydroxyl groups excluding tert-OH is 1. The predicted molar refractivity (Wildman–Crippen MR) is 65.3 cm³/mol. The molecule has 0 bridgehead atoms. The van der Waals surface area contributed by atoms with Crippen molar-refractivity contribution in [3.63, 3.8) is 0 Å². The summed E-state index contributed by atoms with van der Waals surface area (Å²) in [5.41, 5.74) is 2.56. The van der Waals surface area contributed by atoms with E-state index in [4.69, 9.17) is 9.84 Å². The number of aryl methyl sites for hydroxylation is 1. The molecule has 0 aromatic heterocycles. The summed E-state index contributed by atoms with van der Waals surface area (Å²) in [5, 5.41) is 18.5. The first-order valence-electron chi connectivity index (χ1n) is 5.35. The molecule has 1 atom stereocenters. The van der Waals surface area contributed by atoms with Crippen molar-refractivity contribution in [2.24, 2.45) is 0 Å². The Morgan fingerprint density at radius 2 is 2.24 bits per heavy atom. The Balaban J connectivity index is 2.59. The van der Waals surface area contributed by atoms with Crippen molar-refractivity contribution in [3.8, 4) is 5.75 Å². The van der Waals surface area contributed by atoms with Gasteiger partial charge in [0.2, 0.25) is 0 Å². The molecule has 1 aromatic rings. The lowest BCUT2D eigenvalue weighted by Crippen LogP contribution is -2.12. The third-order valence-electron chi connectivity index (χ3n) is 3.05. The van der Waals surface area contributed by atoms with Gasteiger partial charge in [-0.1, -0.05) is 0 Å². The number of aliphatic hydroxyl groups is 1. The molecule has 17 heavy (non-hydrogen) atoms. The topological polar surface area (TPSA) is 66.8 Å². The fourth-order valence-electron chi connectivity index (χ4n) is 2.24. The summed E-state index contributed by atoms with van der Waals surface area (Å²) in [7, 11) is 1.47. The van der Waals surface area contributed by atoms with Gasteiger partial charge in [0, 0.05) is 5.56 Å². The number of halogens is 1. The molecule has 1 aromatic carbocycles. The van der Waals surface area contributed by atoms with E-state index in [9.17, 15) is 9.90 Å². The van der Waals surface area contributed by atoms with E-state index in [2.05, 4.69) is 15.9 Å². The first-order chi connectivity index (χ1) is 8.06. The van der Waals surface area contributed by atoms with Crippen LogP contribution in [0.4, 0.5) is 0 Å². The summed E-state index contributed by atoms with van der Waals surface area (Å²) in [5.74, 6) is -0.853. The highest BCUT2D eigenvalue weighted by Gasteiger charge is 2.27. The van der Waals surface area contributed by atoms with Gasteiger partial charge in [0.05, 0.1) is 11.6 Å². The fourth-order valence-corrected chi connectivity index (χ4v) is 3.08. The maximum atomic E-state index is 10.9. The van der Waals surface area contributed by atoms with Gasteiger partial charge in [0.25, 0.3) is 0 Å². The van der Waals surface area contributed by atoms with Gasteiger partial charge in [-0.3, -0.25) is 0 Å². The molecule has 0 saturated carbocycles. The van der Waals surface area contributed by atoms with E-state index >= 15 is 0 Å². The Morgan fingerprint density at radius 3 is 2.82 bits per heavy atom. The minimum Gasteiger partial charge on any atom is -0.495 e. The normalized spacial score (nSPS) is 15.5.